The summed E-state index contributed by atoms with van der Waals surface area (Å²) >= 11 is 11.7. The lowest BCUT2D eigenvalue weighted by atomic mass is 10.1. The molecule has 2 rings (SSSR count). The molecule has 0 aliphatic carbocycles. The first-order valence-corrected chi connectivity index (χ1v) is 6.21. The van der Waals surface area contributed by atoms with Crippen molar-refractivity contribution in [3.63, 3.8) is 0 Å². The zero-order valence-corrected chi connectivity index (χ0v) is 11.5. The number of carbonyl (C=O) groups is 1. The predicted octanol–water partition coefficient (Wildman–Crippen LogP) is 0.991. The van der Waals surface area contributed by atoms with Crippen LogP contribution in [-0.4, -0.2) is 15.5 Å². The lowest BCUT2D eigenvalue weighted by Gasteiger charge is -2.08. The zero-order chi connectivity index (χ0) is 14.9. The summed E-state index contributed by atoms with van der Waals surface area (Å²) in [5.41, 5.74) is 4.74. The highest BCUT2D eigenvalue weighted by Gasteiger charge is 2.08. The van der Waals surface area contributed by atoms with E-state index in [2.05, 4.69) is 4.98 Å². The highest BCUT2D eigenvalue weighted by Crippen LogP contribution is 2.18. The maximum absolute atomic E-state index is 11.6. The van der Waals surface area contributed by atoms with Crippen LogP contribution in [0.3, 0.4) is 0 Å². The van der Waals surface area contributed by atoms with Gasteiger partial charge in [-0.1, -0.05) is 29.3 Å². The molecule has 1 amide bonds. The molecule has 8 heteroatoms. The quantitative estimate of drug-likeness (QED) is 0.884. The number of hydrogen-bond donors (Lipinski definition) is 2. The van der Waals surface area contributed by atoms with Crippen molar-refractivity contribution in [2.45, 2.75) is 6.54 Å². The maximum Gasteiger partial charge on any atom is 0.328 e. The van der Waals surface area contributed by atoms with Gasteiger partial charge in [-0.2, -0.15) is 0 Å². The Labute approximate surface area is 122 Å². The number of nitrogens with zero attached hydrogens (tertiary/aromatic N) is 1. The number of aromatic nitrogens is 2. The van der Waals surface area contributed by atoms with Crippen molar-refractivity contribution in [2.75, 3.05) is 0 Å². The van der Waals surface area contributed by atoms with Gasteiger partial charge in [0.05, 0.1) is 6.54 Å². The topological polar surface area (TPSA) is 97.9 Å². The molecule has 3 N–H and O–H groups in total. The summed E-state index contributed by atoms with van der Waals surface area (Å²) in [5, 5.41) is 0.185. The Morgan fingerprint density at radius 3 is 2.55 bits per heavy atom. The second-order valence-corrected chi connectivity index (χ2v) is 4.85. The van der Waals surface area contributed by atoms with Crippen molar-refractivity contribution in [3.8, 4) is 0 Å². The van der Waals surface area contributed by atoms with Crippen LogP contribution in [-0.2, 0) is 6.54 Å². The standard InChI is InChI=1S/C12H9Cl2N3O3/c13-8-3-6(10(15)18)1-2-7(8)4-17-5-9(14)11(19)16-12(17)20/h1-3,5H,4H2,(H2,15,18)(H,16,19,20). The van der Waals surface area contributed by atoms with Gasteiger partial charge in [0, 0.05) is 16.8 Å². The summed E-state index contributed by atoms with van der Waals surface area (Å²) in [6.07, 6.45) is 1.22. The molecule has 0 aliphatic rings. The Kier molecular flexibility index (Phi) is 3.96. The number of halogens is 2. The summed E-state index contributed by atoms with van der Waals surface area (Å²) in [7, 11) is 0. The minimum Gasteiger partial charge on any atom is -0.366 e. The molecule has 0 saturated carbocycles. The lowest BCUT2D eigenvalue weighted by Crippen LogP contribution is -2.30. The van der Waals surface area contributed by atoms with Crippen LogP contribution in [0.25, 0.3) is 0 Å². The van der Waals surface area contributed by atoms with Gasteiger partial charge in [-0.3, -0.25) is 19.1 Å². The molecular weight excluding hydrogens is 305 g/mol. The van der Waals surface area contributed by atoms with E-state index in [0.717, 1.165) is 0 Å². The van der Waals surface area contributed by atoms with Gasteiger partial charge in [0.2, 0.25) is 5.91 Å². The number of primary amides is 1. The monoisotopic (exact) mass is 313 g/mol. The number of aromatic amines is 1. The number of nitrogens with one attached hydrogen (secondary N) is 1. The van der Waals surface area contributed by atoms with E-state index in [4.69, 9.17) is 28.9 Å². The van der Waals surface area contributed by atoms with Gasteiger partial charge in [0.1, 0.15) is 5.02 Å². The number of carbonyl (C=O) groups excluding carboxylic acids is 1. The van der Waals surface area contributed by atoms with Gasteiger partial charge in [-0.15, -0.1) is 0 Å². The molecule has 0 atom stereocenters. The van der Waals surface area contributed by atoms with E-state index in [1.54, 1.807) is 6.07 Å². The molecule has 0 saturated heterocycles. The van der Waals surface area contributed by atoms with Crippen molar-refractivity contribution in [3.05, 3.63) is 66.4 Å². The highest BCUT2D eigenvalue weighted by atomic mass is 35.5. The molecule has 6 nitrogen and oxygen atoms in total. The first-order valence-electron chi connectivity index (χ1n) is 5.46. The Bertz CT molecular complexity index is 795. The van der Waals surface area contributed by atoms with Crippen LogP contribution in [0.2, 0.25) is 10.0 Å². The van der Waals surface area contributed by atoms with E-state index in [0.29, 0.717) is 5.56 Å². The van der Waals surface area contributed by atoms with E-state index in [1.165, 1.54) is 22.9 Å². The molecule has 0 bridgehead atoms. The van der Waals surface area contributed by atoms with Crippen LogP contribution in [0.15, 0.2) is 34.0 Å². The molecule has 0 spiro atoms. The molecule has 1 heterocycles. The fourth-order valence-electron chi connectivity index (χ4n) is 1.61. The average Bonchev–Trinajstić information content (AvgIpc) is 2.37. The van der Waals surface area contributed by atoms with Gasteiger partial charge in [-0.25, -0.2) is 4.79 Å². The van der Waals surface area contributed by atoms with Crippen molar-refractivity contribution in [2.24, 2.45) is 5.73 Å². The average molecular weight is 314 g/mol. The number of H-pyrrole nitrogens is 1. The first-order chi connectivity index (χ1) is 9.38. The number of hydrogen-bond acceptors (Lipinski definition) is 3. The summed E-state index contributed by atoms with van der Waals surface area (Å²) in [4.78, 5) is 35.9. The number of nitrogens with two attached hydrogens (primary N) is 1. The highest BCUT2D eigenvalue weighted by molar-refractivity contribution is 6.31. The molecule has 0 aliphatic heterocycles. The minimum atomic E-state index is -0.650. The second kappa shape index (κ2) is 5.52. The molecule has 104 valence electrons. The van der Waals surface area contributed by atoms with Crippen LogP contribution in [0.5, 0.6) is 0 Å². The summed E-state index contributed by atoms with van der Waals surface area (Å²) in [5.74, 6) is -0.595. The Hall–Kier alpha value is -2.05. The van der Waals surface area contributed by atoms with E-state index in [-0.39, 0.29) is 22.2 Å². The number of amides is 1. The fraction of sp³-hybridized carbons (Fsp3) is 0.0833. The molecule has 20 heavy (non-hydrogen) atoms. The van der Waals surface area contributed by atoms with Gasteiger partial charge in [0.25, 0.3) is 5.56 Å². The van der Waals surface area contributed by atoms with Crippen LogP contribution < -0.4 is 17.0 Å². The number of benzene rings is 1. The largest absolute Gasteiger partial charge is 0.366 e. The molecule has 0 fully saturated rings. The second-order valence-electron chi connectivity index (χ2n) is 4.03. The fourth-order valence-corrected chi connectivity index (χ4v) is 2.02. The minimum absolute atomic E-state index is 0.102. The van der Waals surface area contributed by atoms with Crippen LogP contribution in [0, 0.1) is 0 Å². The van der Waals surface area contributed by atoms with E-state index >= 15 is 0 Å². The van der Waals surface area contributed by atoms with E-state index in [9.17, 15) is 14.4 Å². The maximum atomic E-state index is 11.6. The molecule has 1 aromatic carbocycles. The van der Waals surface area contributed by atoms with E-state index in [1.807, 2.05) is 0 Å². The molecular formula is C12H9Cl2N3O3. The lowest BCUT2D eigenvalue weighted by molar-refractivity contribution is 0.100. The number of rotatable bonds is 3. The summed E-state index contributed by atoms with van der Waals surface area (Å²) in [6, 6.07) is 4.49. The van der Waals surface area contributed by atoms with Crippen molar-refractivity contribution in [1.82, 2.24) is 9.55 Å². The summed E-state index contributed by atoms with van der Waals surface area (Å²) in [6.45, 7) is 0.104. The Morgan fingerprint density at radius 2 is 1.95 bits per heavy atom. The van der Waals surface area contributed by atoms with Gasteiger partial charge < -0.3 is 5.73 Å². The first kappa shape index (κ1) is 14.4. The van der Waals surface area contributed by atoms with Gasteiger partial charge in [0.15, 0.2) is 0 Å². The molecule has 1 aromatic heterocycles. The van der Waals surface area contributed by atoms with Crippen LogP contribution in [0.4, 0.5) is 0 Å². The Morgan fingerprint density at radius 1 is 1.25 bits per heavy atom. The van der Waals surface area contributed by atoms with E-state index < -0.39 is 17.2 Å². The van der Waals surface area contributed by atoms with Crippen LogP contribution in [0.1, 0.15) is 15.9 Å². The van der Waals surface area contributed by atoms with Crippen molar-refractivity contribution >= 4 is 29.1 Å². The van der Waals surface area contributed by atoms with Gasteiger partial charge >= 0.3 is 5.69 Å². The van der Waals surface area contributed by atoms with Crippen LogP contribution >= 0.6 is 23.2 Å². The smallest absolute Gasteiger partial charge is 0.328 e. The predicted molar refractivity (Wildman–Crippen MR) is 75.4 cm³/mol. The van der Waals surface area contributed by atoms with Crippen molar-refractivity contribution < 1.29 is 4.79 Å². The normalized spacial score (nSPS) is 10.5. The summed E-state index contributed by atoms with van der Waals surface area (Å²) < 4.78 is 1.20. The third kappa shape index (κ3) is 2.92. The third-order valence-corrected chi connectivity index (χ3v) is 3.27. The van der Waals surface area contributed by atoms with Crippen molar-refractivity contribution in [1.29, 1.82) is 0 Å². The molecule has 2 aromatic rings. The molecule has 0 unspecified atom stereocenters. The zero-order valence-electron chi connectivity index (χ0n) is 10.0. The SMILES string of the molecule is NC(=O)c1ccc(Cn2cc(Cl)c(=O)[nH]c2=O)c(Cl)c1. The Balaban J connectivity index is 2.40. The third-order valence-electron chi connectivity index (χ3n) is 2.65. The van der Waals surface area contributed by atoms with Gasteiger partial charge in [-0.05, 0) is 17.7 Å². The molecule has 0 radical (unpaired) electrons.